The van der Waals surface area contributed by atoms with Gasteiger partial charge in [0.1, 0.15) is 11.9 Å². The number of rotatable bonds is 7. The zero-order valence-electron chi connectivity index (χ0n) is 23.9. The highest BCUT2D eigenvalue weighted by atomic mass is 19.3. The van der Waals surface area contributed by atoms with E-state index in [9.17, 15) is 18.1 Å². The van der Waals surface area contributed by atoms with Crippen molar-refractivity contribution in [1.29, 1.82) is 0 Å². The topological polar surface area (TPSA) is 71.6 Å². The fourth-order valence-electron chi connectivity index (χ4n) is 5.03. The van der Waals surface area contributed by atoms with Gasteiger partial charge in [0.15, 0.2) is 17.4 Å². The Hall–Kier alpha value is -4.34. The van der Waals surface area contributed by atoms with E-state index in [1.54, 1.807) is 6.07 Å². The number of benzene rings is 4. The van der Waals surface area contributed by atoms with Crippen molar-refractivity contribution in [2.75, 3.05) is 31.5 Å². The molecule has 2 aliphatic heterocycles. The second kappa shape index (κ2) is 14.2. The van der Waals surface area contributed by atoms with Crippen molar-refractivity contribution in [3.8, 4) is 33.8 Å². The van der Waals surface area contributed by atoms with Crippen LogP contribution in [0.1, 0.15) is 35.2 Å². The number of halogens is 3. The van der Waals surface area contributed by atoms with Gasteiger partial charge in [0.25, 0.3) is 5.91 Å². The molecule has 0 aliphatic carbocycles. The highest BCUT2D eigenvalue weighted by molar-refractivity contribution is 6.05. The van der Waals surface area contributed by atoms with Crippen LogP contribution in [0.4, 0.5) is 19.0 Å². The van der Waals surface area contributed by atoms with Crippen molar-refractivity contribution in [1.82, 2.24) is 10.6 Å². The number of nitrogens with one attached hydrogen (secondary N) is 3. The van der Waals surface area contributed by atoms with Crippen molar-refractivity contribution < 1.29 is 27.8 Å². The summed E-state index contributed by atoms with van der Waals surface area (Å²) in [4.78, 5) is 17.1. The molecule has 1 atom stereocenters. The minimum atomic E-state index is -1.10. The van der Waals surface area contributed by atoms with Gasteiger partial charge in [-0.2, -0.15) is 0 Å². The predicted octanol–water partition coefficient (Wildman–Crippen LogP) is 7.23. The lowest BCUT2D eigenvalue weighted by Gasteiger charge is -2.18. The molecule has 0 aromatic heterocycles. The van der Waals surface area contributed by atoms with Gasteiger partial charge in [0.05, 0.1) is 0 Å². The summed E-state index contributed by atoms with van der Waals surface area (Å²) < 4.78 is 46.6. The van der Waals surface area contributed by atoms with Crippen LogP contribution < -0.4 is 25.6 Å². The second-order valence-electron chi connectivity index (χ2n) is 10.6. The minimum Gasteiger partial charge on any atom is -0.488 e. The monoisotopic (exact) mass is 589 g/mol. The molecule has 43 heavy (non-hydrogen) atoms. The van der Waals surface area contributed by atoms with Crippen LogP contribution in [0.25, 0.3) is 22.3 Å². The van der Waals surface area contributed by atoms with Gasteiger partial charge in [0.2, 0.25) is 0 Å². The number of carbonyl (C=O) groups is 1. The maximum Gasteiger partial charge on any atom is 0.255 e. The lowest BCUT2D eigenvalue weighted by molar-refractivity contribution is -0.00547. The highest BCUT2D eigenvalue weighted by Crippen LogP contribution is 2.35. The van der Waals surface area contributed by atoms with E-state index in [4.69, 9.17) is 4.74 Å². The van der Waals surface area contributed by atoms with Crippen molar-refractivity contribution in [3.05, 3.63) is 102 Å². The Morgan fingerprint density at radius 2 is 1.51 bits per heavy atom. The molecule has 1 unspecified atom stereocenters. The summed E-state index contributed by atoms with van der Waals surface area (Å²) in [7, 11) is 0. The van der Waals surface area contributed by atoms with Crippen LogP contribution in [0.15, 0.2) is 78.9 Å². The SMILES string of the molecule is C1CCNC1.Cc1ccc(-c2cc(NC(=O)c3ccc(OF)c(-c4ccc(F)c(F)c4)c3)ccc2OC2CCNC2)cc1. The third-order valence-corrected chi connectivity index (χ3v) is 7.42. The smallest absolute Gasteiger partial charge is 0.255 e. The summed E-state index contributed by atoms with van der Waals surface area (Å²) in [6.45, 7) is 6.18. The first-order valence-electron chi connectivity index (χ1n) is 14.4. The normalized spacial score (nSPS) is 15.9. The average molecular weight is 590 g/mol. The molecule has 6 nitrogen and oxygen atoms in total. The number of ether oxygens (including phenoxy) is 1. The van der Waals surface area contributed by atoms with Crippen LogP contribution in [-0.4, -0.2) is 38.2 Å². The molecule has 0 spiro atoms. The van der Waals surface area contributed by atoms with Crippen LogP contribution >= 0.6 is 0 Å². The molecule has 2 heterocycles. The summed E-state index contributed by atoms with van der Waals surface area (Å²) in [6, 6.07) is 20.6. The van der Waals surface area contributed by atoms with Crippen LogP contribution in [-0.2, 0) is 0 Å². The summed E-state index contributed by atoms with van der Waals surface area (Å²) in [5.41, 5.74) is 3.88. The second-order valence-corrected chi connectivity index (χ2v) is 10.6. The third-order valence-electron chi connectivity index (χ3n) is 7.42. The van der Waals surface area contributed by atoms with Crippen LogP contribution in [0.2, 0.25) is 0 Å². The zero-order chi connectivity index (χ0) is 30.2. The van der Waals surface area contributed by atoms with Gasteiger partial charge in [-0.15, -0.1) is 0 Å². The van der Waals surface area contributed by atoms with E-state index in [-0.39, 0.29) is 28.5 Å². The molecule has 3 N–H and O–H groups in total. The molecule has 1 amide bonds. The Kier molecular flexibility index (Phi) is 9.96. The summed E-state index contributed by atoms with van der Waals surface area (Å²) in [6.07, 6.45) is 3.75. The molecule has 2 aliphatic rings. The Morgan fingerprint density at radius 3 is 2.16 bits per heavy atom. The van der Waals surface area contributed by atoms with E-state index in [0.717, 1.165) is 48.3 Å². The largest absolute Gasteiger partial charge is 0.488 e. The molecule has 0 saturated carbocycles. The maximum atomic E-state index is 13.8. The molecule has 4 aromatic carbocycles. The van der Waals surface area contributed by atoms with E-state index < -0.39 is 17.5 Å². The molecular weight excluding hydrogens is 555 g/mol. The fourth-order valence-corrected chi connectivity index (χ4v) is 5.03. The van der Waals surface area contributed by atoms with E-state index >= 15 is 0 Å². The number of amides is 1. The molecule has 9 heteroatoms. The van der Waals surface area contributed by atoms with Gasteiger partial charge in [-0.05, 0) is 105 Å². The molecule has 4 aromatic rings. The molecule has 6 rings (SSSR count). The van der Waals surface area contributed by atoms with Gasteiger partial charge in [-0.1, -0.05) is 35.9 Å². The van der Waals surface area contributed by atoms with Gasteiger partial charge >= 0.3 is 0 Å². The van der Waals surface area contributed by atoms with Crippen molar-refractivity contribution in [2.24, 2.45) is 0 Å². The molecular formula is C34H34F3N3O3. The van der Waals surface area contributed by atoms with Crippen molar-refractivity contribution in [3.63, 3.8) is 0 Å². The summed E-state index contributed by atoms with van der Waals surface area (Å²) in [5, 5.41) is 9.38. The van der Waals surface area contributed by atoms with E-state index in [0.29, 0.717) is 11.4 Å². The quantitative estimate of drug-likeness (QED) is 0.212. The standard InChI is InChI=1S/C30H25F3N2O3.C4H9N/c1-18-2-4-19(5-3-18)25-16-22(8-11-28(25)37-23-12-13-34-17-23)35-30(36)21-7-10-29(38-33)24(14-21)20-6-9-26(31)27(32)15-20;1-2-4-5-3-1/h2-11,14-16,23,34H,12-13,17H2,1H3,(H,35,36);5H,1-4H2. The number of aryl methyl sites for hydroxylation is 1. The first kappa shape index (κ1) is 30.1. The highest BCUT2D eigenvalue weighted by Gasteiger charge is 2.20. The van der Waals surface area contributed by atoms with E-state index in [2.05, 4.69) is 20.9 Å². The van der Waals surface area contributed by atoms with Crippen molar-refractivity contribution in [2.45, 2.75) is 32.3 Å². The summed E-state index contributed by atoms with van der Waals surface area (Å²) in [5.74, 6) is -2.11. The first-order valence-corrected chi connectivity index (χ1v) is 14.4. The van der Waals surface area contributed by atoms with Crippen LogP contribution in [0.3, 0.4) is 0 Å². The van der Waals surface area contributed by atoms with Gasteiger partial charge in [-0.3, -0.25) is 9.74 Å². The Labute approximate surface area is 249 Å². The Morgan fingerprint density at radius 1 is 0.791 bits per heavy atom. The van der Waals surface area contributed by atoms with E-state index in [1.165, 1.54) is 50.2 Å². The van der Waals surface area contributed by atoms with E-state index in [1.807, 2.05) is 43.3 Å². The third kappa shape index (κ3) is 7.74. The Balaban J connectivity index is 0.000000668. The first-order chi connectivity index (χ1) is 20.9. The lowest BCUT2D eigenvalue weighted by Crippen LogP contribution is -2.20. The summed E-state index contributed by atoms with van der Waals surface area (Å²) >= 11 is 0. The lowest BCUT2D eigenvalue weighted by atomic mass is 10.0. The van der Waals surface area contributed by atoms with Crippen LogP contribution in [0, 0.1) is 18.6 Å². The number of hydrogen-bond donors (Lipinski definition) is 3. The van der Waals surface area contributed by atoms with Gasteiger partial charge < -0.3 is 20.7 Å². The van der Waals surface area contributed by atoms with Crippen LogP contribution in [0.5, 0.6) is 11.5 Å². The number of anilines is 1. The van der Waals surface area contributed by atoms with Gasteiger partial charge in [0, 0.05) is 33.4 Å². The molecule has 224 valence electrons. The molecule has 0 bridgehead atoms. The zero-order valence-corrected chi connectivity index (χ0v) is 23.9. The molecule has 2 fully saturated rings. The molecule has 2 saturated heterocycles. The molecule has 0 radical (unpaired) electrons. The minimum absolute atomic E-state index is 0.0607. The average Bonchev–Trinajstić information content (AvgIpc) is 3.77. The predicted molar refractivity (Wildman–Crippen MR) is 162 cm³/mol. The Bertz CT molecular complexity index is 1550. The fraction of sp³-hybridized carbons (Fsp3) is 0.265. The number of carbonyl (C=O) groups excluding carboxylic acids is 1. The maximum absolute atomic E-state index is 13.8. The number of hydrogen-bond acceptors (Lipinski definition) is 5. The van der Waals surface area contributed by atoms with Crippen molar-refractivity contribution >= 4 is 11.6 Å². The van der Waals surface area contributed by atoms with Gasteiger partial charge in [-0.25, -0.2) is 8.78 Å².